The third kappa shape index (κ3) is 3.05. The van der Waals surface area contributed by atoms with Crippen LogP contribution in [0.15, 0.2) is 29.6 Å². The topological polar surface area (TPSA) is 59.2 Å². The van der Waals surface area contributed by atoms with Crippen molar-refractivity contribution >= 4 is 17.2 Å². The van der Waals surface area contributed by atoms with Crippen molar-refractivity contribution in [3.63, 3.8) is 0 Å². The van der Waals surface area contributed by atoms with Crippen molar-refractivity contribution in [1.29, 1.82) is 0 Å². The van der Waals surface area contributed by atoms with Crippen LogP contribution in [0.25, 0.3) is 11.3 Å². The van der Waals surface area contributed by atoms with Gasteiger partial charge >= 0.3 is 0 Å². The highest BCUT2D eigenvalue weighted by molar-refractivity contribution is 7.09. The minimum atomic E-state index is 0.0909. The zero-order valence-corrected chi connectivity index (χ0v) is 13.8. The van der Waals surface area contributed by atoms with Gasteiger partial charge in [0.2, 0.25) is 0 Å². The molecule has 1 aromatic carbocycles. The summed E-state index contributed by atoms with van der Waals surface area (Å²) >= 11 is 1.62. The number of piperidine rings is 1. The third-order valence-electron chi connectivity index (χ3n) is 4.20. The Morgan fingerprint density at radius 1 is 1.45 bits per heavy atom. The highest BCUT2D eigenvalue weighted by Crippen LogP contribution is 2.24. The molecule has 3 rings (SSSR count). The number of likely N-dealkylation sites (tertiary alicyclic amines) is 1. The predicted molar refractivity (Wildman–Crippen MR) is 90.0 cm³/mol. The lowest BCUT2D eigenvalue weighted by molar-refractivity contribution is 0.0619. The van der Waals surface area contributed by atoms with Crippen molar-refractivity contribution in [2.24, 2.45) is 5.73 Å². The first-order valence-corrected chi connectivity index (χ1v) is 8.51. The maximum atomic E-state index is 12.8. The van der Waals surface area contributed by atoms with Crippen LogP contribution in [-0.2, 0) is 0 Å². The number of rotatable bonds is 2. The normalized spacial score (nSPS) is 21.9. The second-order valence-electron chi connectivity index (χ2n) is 5.96. The van der Waals surface area contributed by atoms with Gasteiger partial charge in [0.25, 0.3) is 5.91 Å². The predicted octanol–water partition coefficient (Wildman–Crippen LogP) is 3.07. The van der Waals surface area contributed by atoms with Crippen LogP contribution in [0.1, 0.15) is 35.1 Å². The zero-order chi connectivity index (χ0) is 15.7. The smallest absolute Gasteiger partial charge is 0.254 e. The number of aromatic nitrogens is 1. The molecule has 0 spiro atoms. The molecule has 2 unspecified atom stereocenters. The Labute approximate surface area is 135 Å². The Hall–Kier alpha value is -1.72. The second kappa shape index (κ2) is 6.18. The molecular formula is C17H21N3OS. The Morgan fingerprint density at radius 2 is 2.27 bits per heavy atom. The Kier molecular flexibility index (Phi) is 4.27. The summed E-state index contributed by atoms with van der Waals surface area (Å²) in [6.07, 6.45) is 1.75. The SMILES string of the molecule is Cc1nc(-c2cccc(C(=O)N3CCC(N)CC3C)c2)cs1. The molecule has 0 saturated carbocycles. The van der Waals surface area contributed by atoms with E-state index in [0.29, 0.717) is 0 Å². The molecule has 1 fully saturated rings. The first kappa shape index (κ1) is 15.2. The average Bonchev–Trinajstić information content (AvgIpc) is 2.93. The third-order valence-corrected chi connectivity index (χ3v) is 4.98. The lowest BCUT2D eigenvalue weighted by Crippen LogP contribution is -2.48. The summed E-state index contributed by atoms with van der Waals surface area (Å²) in [5, 5.41) is 3.06. The average molecular weight is 315 g/mol. The quantitative estimate of drug-likeness (QED) is 0.926. The first-order valence-electron chi connectivity index (χ1n) is 7.63. The number of hydrogen-bond donors (Lipinski definition) is 1. The van der Waals surface area contributed by atoms with Crippen LogP contribution < -0.4 is 5.73 Å². The molecule has 1 saturated heterocycles. The fraction of sp³-hybridized carbons (Fsp3) is 0.412. The molecule has 5 heteroatoms. The number of aryl methyl sites for hydroxylation is 1. The van der Waals surface area contributed by atoms with Crippen molar-refractivity contribution in [2.75, 3.05) is 6.54 Å². The molecule has 2 heterocycles. The molecule has 0 bridgehead atoms. The number of hydrogen-bond acceptors (Lipinski definition) is 4. The van der Waals surface area contributed by atoms with Crippen molar-refractivity contribution in [3.8, 4) is 11.3 Å². The molecule has 1 amide bonds. The maximum absolute atomic E-state index is 12.8. The fourth-order valence-electron chi connectivity index (χ4n) is 2.98. The summed E-state index contributed by atoms with van der Waals surface area (Å²) in [7, 11) is 0. The van der Waals surface area contributed by atoms with Gasteiger partial charge < -0.3 is 10.6 Å². The minimum absolute atomic E-state index is 0.0909. The van der Waals surface area contributed by atoms with Crippen LogP contribution in [0.3, 0.4) is 0 Å². The van der Waals surface area contributed by atoms with Crippen molar-refractivity contribution in [2.45, 2.75) is 38.8 Å². The number of nitrogens with zero attached hydrogens (tertiary/aromatic N) is 2. The highest BCUT2D eigenvalue weighted by Gasteiger charge is 2.27. The maximum Gasteiger partial charge on any atom is 0.254 e. The van der Waals surface area contributed by atoms with Crippen LogP contribution >= 0.6 is 11.3 Å². The molecule has 0 radical (unpaired) electrons. The van der Waals surface area contributed by atoms with Gasteiger partial charge in [-0.25, -0.2) is 4.98 Å². The molecule has 1 aromatic heterocycles. The molecule has 1 aliphatic heterocycles. The van der Waals surface area contributed by atoms with Gasteiger partial charge in [0.15, 0.2) is 0 Å². The van der Waals surface area contributed by atoms with Crippen molar-refractivity contribution in [3.05, 3.63) is 40.2 Å². The zero-order valence-electron chi connectivity index (χ0n) is 13.0. The van der Waals surface area contributed by atoms with Crippen LogP contribution in [0.4, 0.5) is 0 Å². The number of benzene rings is 1. The lowest BCUT2D eigenvalue weighted by atomic mass is 9.97. The van der Waals surface area contributed by atoms with Gasteiger partial charge in [-0.2, -0.15) is 0 Å². The Morgan fingerprint density at radius 3 is 2.95 bits per heavy atom. The summed E-state index contributed by atoms with van der Waals surface area (Å²) in [6, 6.07) is 8.16. The van der Waals surface area contributed by atoms with E-state index in [4.69, 9.17) is 5.73 Å². The number of amides is 1. The van der Waals surface area contributed by atoms with Crippen LogP contribution in [0, 0.1) is 6.92 Å². The largest absolute Gasteiger partial charge is 0.336 e. The summed E-state index contributed by atoms with van der Waals surface area (Å²) < 4.78 is 0. The van der Waals surface area contributed by atoms with E-state index in [9.17, 15) is 4.79 Å². The van der Waals surface area contributed by atoms with Gasteiger partial charge in [0.1, 0.15) is 0 Å². The number of carbonyl (C=O) groups is 1. The van der Waals surface area contributed by atoms with Crippen molar-refractivity contribution in [1.82, 2.24) is 9.88 Å². The van der Waals surface area contributed by atoms with Gasteiger partial charge in [-0.05, 0) is 38.8 Å². The standard InChI is InChI=1S/C17H21N3OS/c1-11-8-15(18)6-7-20(11)17(21)14-5-3-4-13(9-14)16-10-22-12(2)19-16/h3-5,9-11,15H,6-8,18H2,1-2H3. The summed E-state index contributed by atoms with van der Waals surface area (Å²) in [5.41, 5.74) is 8.64. The number of nitrogens with two attached hydrogens (primary N) is 1. The fourth-order valence-corrected chi connectivity index (χ4v) is 3.61. The van der Waals surface area contributed by atoms with Gasteiger partial charge in [-0.1, -0.05) is 12.1 Å². The second-order valence-corrected chi connectivity index (χ2v) is 7.03. The lowest BCUT2D eigenvalue weighted by Gasteiger charge is -2.36. The van der Waals surface area contributed by atoms with E-state index in [2.05, 4.69) is 11.9 Å². The summed E-state index contributed by atoms with van der Waals surface area (Å²) in [5.74, 6) is 0.0909. The molecule has 2 atom stereocenters. The van der Waals surface area contributed by atoms with E-state index < -0.39 is 0 Å². The van der Waals surface area contributed by atoms with Gasteiger partial charge in [0.05, 0.1) is 10.7 Å². The van der Waals surface area contributed by atoms with Gasteiger partial charge in [-0.3, -0.25) is 4.79 Å². The molecule has 0 aliphatic carbocycles. The Bertz CT molecular complexity index is 682. The van der Waals surface area contributed by atoms with E-state index >= 15 is 0 Å². The monoisotopic (exact) mass is 315 g/mol. The van der Waals surface area contributed by atoms with E-state index in [1.54, 1.807) is 11.3 Å². The van der Waals surface area contributed by atoms with E-state index in [-0.39, 0.29) is 18.0 Å². The van der Waals surface area contributed by atoms with Crippen LogP contribution in [0.2, 0.25) is 0 Å². The molecule has 4 nitrogen and oxygen atoms in total. The highest BCUT2D eigenvalue weighted by atomic mass is 32.1. The summed E-state index contributed by atoms with van der Waals surface area (Å²) in [4.78, 5) is 19.2. The van der Waals surface area contributed by atoms with Gasteiger partial charge in [-0.15, -0.1) is 11.3 Å². The summed E-state index contributed by atoms with van der Waals surface area (Å²) in [6.45, 7) is 4.80. The molecule has 2 aromatic rings. The molecule has 116 valence electrons. The molecular weight excluding hydrogens is 294 g/mol. The Balaban J connectivity index is 1.84. The number of carbonyl (C=O) groups excluding carboxylic acids is 1. The van der Waals surface area contributed by atoms with E-state index in [1.165, 1.54) is 0 Å². The first-order chi connectivity index (χ1) is 10.5. The number of thiazole rings is 1. The molecule has 2 N–H and O–H groups in total. The molecule has 22 heavy (non-hydrogen) atoms. The van der Waals surface area contributed by atoms with Crippen molar-refractivity contribution < 1.29 is 4.79 Å². The van der Waals surface area contributed by atoms with Crippen LogP contribution in [-0.4, -0.2) is 34.4 Å². The van der Waals surface area contributed by atoms with Crippen LogP contribution in [0.5, 0.6) is 0 Å². The van der Waals surface area contributed by atoms with Gasteiger partial charge in [0, 0.05) is 35.1 Å². The van der Waals surface area contributed by atoms with E-state index in [0.717, 1.165) is 41.2 Å². The minimum Gasteiger partial charge on any atom is -0.336 e. The molecule has 1 aliphatic rings. The van der Waals surface area contributed by atoms with E-state index in [1.807, 2.05) is 41.5 Å².